The van der Waals surface area contributed by atoms with E-state index < -0.39 is 22.4 Å². The number of aryl methyl sites for hydroxylation is 1. The van der Waals surface area contributed by atoms with Gasteiger partial charge in [0.1, 0.15) is 11.5 Å². The van der Waals surface area contributed by atoms with Crippen LogP contribution in [0.25, 0.3) is 0 Å². The van der Waals surface area contributed by atoms with E-state index in [1.54, 1.807) is 4.90 Å². The third kappa shape index (κ3) is 2.73. The third-order valence-corrected chi connectivity index (χ3v) is 7.58. The monoisotopic (exact) mass is 487 g/mol. The van der Waals surface area contributed by atoms with Crippen molar-refractivity contribution in [1.82, 2.24) is 15.2 Å². The lowest BCUT2D eigenvalue weighted by molar-refractivity contribution is -0.387. The zero-order chi connectivity index (χ0) is 25.2. The summed E-state index contributed by atoms with van der Waals surface area (Å²) in [5.74, 6) is -0.479. The molecule has 0 aliphatic carbocycles. The fourth-order valence-electron chi connectivity index (χ4n) is 6.35. The molecule has 2 fully saturated rings. The molecule has 3 unspecified atom stereocenters. The van der Waals surface area contributed by atoms with Gasteiger partial charge < -0.3 is 9.42 Å². The van der Waals surface area contributed by atoms with Crippen molar-refractivity contribution < 1.29 is 19.0 Å². The lowest BCUT2D eigenvalue weighted by Gasteiger charge is -2.34. The second-order valence-corrected chi connectivity index (χ2v) is 9.45. The number of hydrogen-bond donors (Lipinski definition) is 0. The molecular formula is C26H25N5O5. The lowest BCUT2D eigenvalue weighted by Crippen LogP contribution is -2.48. The Kier molecular flexibility index (Phi) is 4.97. The number of amides is 2. The van der Waals surface area contributed by atoms with Crippen LogP contribution in [0.3, 0.4) is 0 Å². The Morgan fingerprint density at radius 2 is 1.83 bits per heavy atom. The molecule has 0 N–H and O–H groups in total. The predicted molar refractivity (Wildman–Crippen MR) is 129 cm³/mol. The number of aromatic nitrogens is 1. The summed E-state index contributed by atoms with van der Waals surface area (Å²) < 4.78 is 5.64. The van der Waals surface area contributed by atoms with Crippen LogP contribution >= 0.6 is 0 Å². The zero-order valence-electron chi connectivity index (χ0n) is 20.0. The first-order valence-corrected chi connectivity index (χ1v) is 12.1. The van der Waals surface area contributed by atoms with Crippen LogP contribution in [0, 0.1) is 17.0 Å². The summed E-state index contributed by atoms with van der Waals surface area (Å²) in [5.41, 5.74) is 0.777. The van der Waals surface area contributed by atoms with Gasteiger partial charge in [-0.3, -0.25) is 24.7 Å². The number of fused-ring (bicyclic) bond motifs is 3. The lowest BCUT2D eigenvalue weighted by atomic mass is 9.67. The van der Waals surface area contributed by atoms with Gasteiger partial charge in [0.05, 0.1) is 11.0 Å². The number of para-hydroxylation sites is 1. The van der Waals surface area contributed by atoms with E-state index in [4.69, 9.17) is 4.52 Å². The quantitative estimate of drug-likeness (QED) is 0.397. The molecule has 3 aliphatic heterocycles. The van der Waals surface area contributed by atoms with Crippen molar-refractivity contribution in [3.05, 3.63) is 87.3 Å². The van der Waals surface area contributed by atoms with Crippen molar-refractivity contribution >= 4 is 23.2 Å². The summed E-state index contributed by atoms with van der Waals surface area (Å²) in [6.07, 6.45) is 0.968. The Balaban J connectivity index is 1.72. The Bertz CT molecular complexity index is 1390. The van der Waals surface area contributed by atoms with E-state index in [0.29, 0.717) is 13.1 Å². The van der Waals surface area contributed by atoms with E-state index in [0.717, 1.165) is 23.2 Å². The van der Waals surface area contributed by atoms with Gasteiger partial charge in [0.15, 0.2) is 5.69 Å². The van der Waals surface area contributed by atoms with Crippen LogP contribution in [0.15, 0.2) is 59.1 Å². The number of carbonyl (C=O) groups excluding carboxylic acids is 2. The van der Waals surface area contributed by atoms with Crippen molar-refractivity contribution in [3.8, 4) is 0 Å². The number of nitro groups is 1. The summed E-state index contributed by atoms with van der Waals surface area (Å²) in [4.78, 5) is 41.5. The average molecular weight is 488 g/mol. The maximum Gasteiger partial charge on any atom is 0.336 e. The molecule has 4 heterocycles. The number of hydrogen-bond acceptors (Lipinski definition) is 7. The number of rotatable bonds is 5. The van der Waals surface area contributed by atoms with Crippen molar-refractivity contribution in [2.45, 2.75) is 44.2 Å². The van der Waals surface area contributed by atoms with Crippen molar-refractivity contribution in [3.63, 3.8) is 0 Å². The van der Waals surface area contributed by atoms with Crippen LogP contribution in [-0.2, 0) is 15.0 Å². The molecule has 0 radical (unpaired) electrons. The van der Waals surface area contributed by atoms with Crippen molar-refractivity contribution in [1.29, 1.82) is 0 Å². The maximum absolute atomic E-state index is 14.7. The zero-order valence-corrected chi connectivity index (χ0v) is 20.0. The number of benzene rings is 2. The van der Waals surface area contributed by atoms with Crippen LogP contribution in [-0.4, -0.2) is 45.0 Å². The fraction of sp³-hybridized carbons (Fsp3) is 0.346. The van der Waals surface area contributed by atoms with Crippen LogP contribution in [0.1, 0.15) is 54.4 Å². The second-order valence-electron chi connectivity index (χ2n) is 9.45. The first kappa shape index (κ1) is 22.4. The highest BCUT2D eigenvalue weighted by Crippen LogP contribution is 2.65. The minimum Gasteiger partial charge on any atom is -0.351 e. The topological polar surface area (TPSA) is 113 Å². The van der Waals surface area contributed by atoms with Crippen molar-refractivity contribution in [2.75, 3.05) is 18.0 Å². The number of carbonyl (C=O) groups is 2. The number of hydrazine groups is 1. The van der Waals surface area contributed by atoms with E-state index >= 15 is 0 Å². The maximum atomic E-state index is 14.7. The molecular weight excluding hydrogens is 462 g/mol. The molecule has 0 saturated carbocycles. The molecule has 184 valence electrons. The Labute approximate surface area is 207 Å². The standard InChI is InChI=1S/C26H25N5O5/c1-3-14-28-19-12-8-7-11-18(19)26(25(28)33)23(17-9-5-4-6-10-17)29-15-13-20(32)30(29)24(26)22-21(31(34)35)16(2)27-36-22/h4-12,23-24H,3,13-15H2,1-2H3. The summed E-state index contributed by atoms with van der Waals surface area (Å²) in [7, 11) is 0. The largest absolute Gasteiger partial charge is 0.351 e. The molecule has 2 saturated heterocycles. The van der Waals surface area contributed by atoms with Gasteiger partial charge in [-0.1, -0.05) is 60.6 Å². The molecule has 10 heteroatoms. The molecule has 0 bridgehead atoms. The van der Waals surface area contributed by atoms with E-state index in [9.17, 15) is 19.7 Å². The minimum atomic E-state index is -1.36. The molecule has 10 nitrogen and oxygen atoms in total. The van der Waals surface area contributed by atoms with Gasteiger partial charge in [0.25, 0.3) is 0 Å². The molecule has 1 aromatic heterocycles. The summed E-state index contributed by atoms with van der Waals surface area (Å²) in [6.45, 7) is 4.37. The molecule has 2 amide bonds. The molecule has 3 atom stereocenters. The molecule has 2 aromatic carbocycles. The Hall–Kier alpha value is -4.05. The van der Waals surface area contributed by atoms with Gasteiger partial charge >= 0.3 is 5.69 Å². The van der Waals surface area contributed by atoms with Crippen LogP contribution < -0.4 is 4.90 Å². The van der Waals surface area contributed by atoms with Gasteiger partial charge in [-0.2, -0.15) is 0 Å². The van der Waals surface area contributed by atoms with Gasteiger partial charge in [-0.15, -0.1) is 0 Å². The average Bonchev–Trinajstić information content (AvgIpc) is 3.58. The highest BCUT2D eigenvalue weighted by Gasteiger charge is 2.72. The third-order valence-electron chi connectivity index (χ3n) is 7.58. The summed E-state index contributed by atoms with van der Waals surface area (Å²) in [6, 6.07) is 15.5. The van der Waals surface area contributed by atoms with E-state index in [2.05, 4.69) is 5.16 Å². The van der Waals surface area contributed by atoms with Crippen LogP contribution in [0.4, 0.5) is 11.4 Å². The molecule has 36 heavy (non-hydrogen) atoms. The van der Waals surface area contributed by atoms with Crippen LogP contribution in [0.5, 0.6) is 0 Å². The molecule has 3 aliphatic rings. The van der Waals surface area contributed by atoms with Gasteiger partial charge in [-0.05, 0) is 30.5 Å². The second kappa shape index (κ2) is 7.99. The molecule has 6 rings (SSSR count). The SMILES string of the molecule is CCCN1C(=O)C2(c3ccccc31)C(c1ccccc1)N1CCC(=O)N1C2c1onc(C)c1[N+](=O)[O-]. The summed E-state index contributed by atoms with van der Waals surface area (Å²) >= 11 is 0. The fourth-order valence-corrected chi connectivity index (χ4v) is 6.35. The first-order valence-electron chi connectivity index (χ1n) is 12.1. The van der Waals surface area contributed by atoms with Crippen molar-refractivity contribution in [2.24, 2.45) is 0 Å². The normalized spacial score (nSPS) is 25.2. The van der Waals surface area contributed by atoms with E-state index in [1.165, 1.54) is 11.9 Å². The molecule has 3 aromatic rings. The van der Waals surface area contributed by atoms with Crippen LogP contribution in [0.2, 0.25) is 0 Å². The first-order chi connectivity index (χ1) is 17.4. The van der Waals surface area contributed by atoms with Gasteiger partial charge in [-0.25, -0.2) is 5.01 Å². The number of anilines is 1. The number of nitrogens with zero attached hydrogens (tertiary/aromatic N) is 5. The van der Waals surface area contributed by atoms with Gasteiger partial charge in [0.2, 0.25) is 17.6 Å². The van der Waals surface area contributed by atoms with E-state index in [-0.39, 0.29) is 35.4 Å². The highest BCUT2D eigenvalue weighted by atomic mass is 16.6. The Morgan fingerprint density at radius 1 is 1.11 bits per heavy atom. The van der Waals surface area contributed by atoms with E-state index in [1.807, 2.05) is 66.5 Å². The predicted octanol–water partition coefficient (Wildman–Crippen LogP) is 3.83. The summed E-state index contributed by atoms with van der Waals surface area (Å²) in [5, 5.41) is 19.5. The molecule has 1 spiro atoms. The smallest absolute Gasteiger partial charge is 0.336 e. The Morgan fingerprint density at radius 3 is 2.56 bits per heavy atom. The highest BCUT2D eigenvalue weighted by molar-refractivity contribution is 6.10. The minimum absolute atomic E-state index is 0.0716. The van der Waals surface area contributed by atoms with Gasteiger partial charge in [0, 0.05) is 25.2 Å².